The van der Waals surface area contributed by atoms with Crippen LogP contribution in [0.1, 0.15) is 11.1 Å². The molecule has 3 heteroatoms. The lowest BCUT2D eigenvalue weighted by Crippen LogP contribution is -2.20. The number of benzene rings is 1. The first kappa shape index (κ1) is 6.37. The average Bonchev–Trinajstić information content (AvgIpc) is 2.61. The zero-order valence-corrected chi connectivity index (χ0v) is 5.61. The third-order valence-electron chi connectivity index (χ3n) is 1.95. The van der Waals surface area contributed by atoms with Crippen LogP contribution < -0.4 is 0 Å². The molecular weight excluding hydrogens is 144 g/mol. The van der Waals surface area contributed by atoms with Crippen LogP contribution in [0.2, 0.25) is 0 Å². The highest BCUT2D eigenvalue weighted by Gasteiger charge is 2.55. The summed E-state index contributed by atoms with van der Waals surface area (Å²) in [7, 11) is 0. The Morgan fingerprint density at radius 2 is 1.73 bits per heavy atom. The zero-order chi connectivity index (χ0) is 8.06. The van der Waals surface area contributed by atoms with Gasteiger partial charge in [-0.1, -0.05) is 24.3 Å². The Kier molecular flexibility index (Phi) is 0.940. The molecule has 1 aromatic rings. The summed E-state index contributed by atoms with van der Waals surface area (Å²) in [6.07, 6.45) is 0. The van der Waals surface area contributed by atoms with E-state index in [1.54, 1.807) is 24.3 Å². The Balaban J connectivity index is 2.50. The molecular formula is C8H6O3. The van der Waals surface area contributed by atoms with Crippen LogP contribution in [-0.2, 0) is 10.4 Å². The van der Waals surface area contributed by atoms with Crippen molar-refractivity contribution < 1.29 is 15.0 Å². The topological polar surface area (TPSA) is 57.5 Å². The van der Waals surface area contributed by atoms with Crippen LogP contribution in [0.25, 0.3) is 0 Å². The summed E-state index contributed by atoms with van der Waals surface area (Å²) in [6, 6.07) is 6.65. The molecule has 0 unspecified atom stereocenters. The van der Waals surface area contributed by atoms with Crippen LogP contribution in [0.3, 0.4) is 0 Å². The van der Waals surface area contributed by atoms with Gasteiger partial charge in [-0.3, -0.25) is 0 Å². The molecule has 0 radical (unpaired) electrons. The van der Waals surface area contributed by atoms with Crippen LogP contribution in [-0.4, -0.2) is 16.2 Å². The Morgan fingerprint density at radius 3 is 2.09 bits per heavy atom. The maximum absolute atomic E-state index is 10.5. The van der Waals surface area contributed by atoms with Crippen molar-refractivity contribution in [3.63, 3.8) is 0 Å². The van der Waals surface area contributed by atoms with Crippen LogP contribution in [0, 0.1) is 0 Å². The zero-order valence-electron chi connectivity index (χ0n) is 5.61. The molecule has 0 fully saturated rings. The molecule has 0 aromatic heterocycles. The van der Waals surface area contributed by atoms with Crippen LogP contribution in [0.5, 0.6) is 0 Å². The molecule has 1 aliphatic carbocycles. The molecule has 2 rings (SSSR count). The van der Waals surface area contributed by atoms with Gasteiger partial charge in [-0.25, -0.2) is 4.79 Å². The third kappa shape index (κ3) is 0.581. The average molecular weight is 150 g/mol. The first-order chi connectivity index (χ1) is 5.17. The second-order valence-corrected chi connectivity index (χ2v) is 2.56. The summed E-state index contributed by atoms with van der Waals surface area (Å²) >= 11 is 0. The first-order valence-corrected chi connectivity index (χ1v) is 3.23. The van der Waals surface area contributed by atoms with E-state index in [2.05, 4.69) is 0 Å². The molecule has 0 heterocycles. The Hall–Kier alpha value is -1.35. The summed E-state index contributed by atoms with van der Waals surface area (Å²) in [5, 5.41) is 18.0. The predicted molar refractivity (Wildman–Crippen MR) is 37.1 cm³/mol. The van der Waals surface area contributed by atoms with Gasteiger partial charge >= 0.3 is 5.97 Å². The van der Waals surface area contributed by atoms with E-state index < -0.39 is 11.6 Å². The van der Waals surface area contributed by atoms with E-state index in [0.717, 1.165) is 0 Å². The van der Waals surface area contributed by atoms with Crippen molar-refractivity contribution in [3.05, 3.63) is 35.4 Å². The van der Waals surface area contributed by atoms with Gasteiger partial charge in [0.05, 0.1) is 0 Å². The molecule has 0 aliphatic heterocycles. The van der Waals surface area contributed by atoms with Crippen molar-refractivity contribution in [1.29, 1.82) is 0 Å². The number of aliphatic carboxylic acids is 1. The molecule has 11 heavy (non-hydrogen) atoms. The number of aliphatic hydroxyl groups is 1. The van der Waals surface area contributed by atoms with E-state index in [1.165, 1.54) is 0 Å². The van der Waals surface area contributed by atoms with E-state index in [-0.39, 0.29) is 0 Å². The number of hydrogen-bond acceptors (Lipinski definition) is 2. The summed E-state index contributed by atoms with van der Waals surface area (Å²) < 4.78 is 0. The van der Waals surface area contributed by atoms with Crippen LogP contribution >= 0.6 is 0 Å². The smallest absolute Gasteiger partial charge is 0.345 e. The number of hydrogen-bond donors (Lipinski definition) is 2. The first-order valence-electron chi connectivity index (χ1n) is 3.23. The van der Waals surface area contributed by atoms with Gasteiger partial charge in [0.2, 0.25) is 5.60 Å². The minimum absolute atomic E-state index is 0.507. The van der Waals surface area contributed by atoms with E-state index in [0.29, 0.717) is 11.1 Å². The van der Waals surface area contributed by atoms with E-state index in [4.69, 9.17) is 5.11 Å². The fourth-order valence-electron chi connectivity index (χ4n) is 1.26. The fourth-order valence-corrected chi connectivity index (χ4v) is 1.26. The molecule has 0 bridgehead atoms. The van der Waals surface area contributed by atoms with Crippen molar-refractivity contribution in [2.75, 3.05) is 0 Å². The second-order valence-electron chi connectivity index (χ2n) is 2.56. The number of carbonyl (C=O) groups is 1. The van der Waals surface area contributed by atoms with Gasteiger partial charge in [-0.2, -0.15) is 0 Å². The van der Waals surface area contributed by atoms with Gasteiger partial charge in [0, 0.05) is 11.1 Å². The fraction of sp³-hybridized carbons (Fsp3) is 0.125. The Morgan fingerprint density at radius 1 is 1.27 bits per heavy atom. The lowest BCUT2D eigenvalue weighted by molar-refractivity contribution is -0.150. The van der Waals surface area contributed by atoms with Crippen molar-refractivity contribution in [3.8, 4) is 0 Å². The van der Waals surface area contributed by atoms with Crippen LogP contribution in [0.4, 0.5) is 0 Å². The number of fused-ring (bicyclic) bond motifs is 1. The number of carboxylic acid groups (broad SMARTS) is 1. The van der Waals surface area contributed by atoms with Gasteiger partial charge in [0.25, 0.3) is 0 Å². The molecule has 1 aliphatic rings. The SMILES string of the molecule is O=C(O)C1(O)c2ccccc21. The van der Waals surface area contributed by atoms with Crippen LogP contribution in [0.15, 0.2) is 24.3 Å². The van der Waals surface area contributed by atoms with E-state index >= 15 is 0 Å². The van der Waals surface area contributed by atoms with E-state index in [9.17, 15) is 9.90 Å². The minimum atomic E-state index is -1.68. The highest BCUT2D eigenvalue weighted by atomic mass is 16.4. The standard InChI is InChI=1S/C8H6O3/c9-7(10)8(11)5-3-1-2-4-6(5)8/h1-4,11H,(H,9,10). The molecule has 0 amide bonds. The monoisotopic (exact) mass is 150 g/mol. The summed E-state index contributed by atoms with van der Waals surface area (Å²) in [5.41, 5.74) is -0.663. The maximum Gasteiger partial charge on any atom is 0.345 e. The second kappa shape index (κ2) is 1.62. The van der Waals surface area contributed by atoms with Crippen molar-refractivity contribution in [1.82, 2.24) is 0 Å². The largest absolute Gasteiger partial charge is 0.479 e. The lowest BCUT2D eigenvalue weighted by Gasteiger charge is -1.97. The lowest BCUT2D eigenvalue weighted by atomic mass is 10.2. The predicted octanol–water partition coefficient (Wildman–Crippen LogP) is 0.321. The summed E-state index contributed by atoms with van der Waals surface area (Å²) in [5.74, 6) is -1.20. The van der Waals surface area contributed by atoms with Gasteiger partial charge < -0.3 is 10.2 Å². The van der Waals surface area contributed by atoms with Gasteiger partial charge in [-0.15, -0.1) is 0 Å². The van der Waals surface area contributed by atoms with Gasteiger partial charge in [0.15, 0.2) is 0 Å². The summed E-state index contributed by atoms with van der Waals surface area (Å²) in [6.45, 7) is 0. The molecule has 1 aromatic carbocycles. The van der Waals surface area contributed by atoms with Gasteiger partial charge in [0.1, 0.15) is 0 Å². The molecule has 0 spiro atoms. The maximum atomic E-state index is 10.5. The molecule has 56 valence electrons. The van der Waals surface area contributed by atoms with E-state index in [1.807, 2.05) is 0 Å². The molecule has 0 atom stereocenters. The number of rotatable bonds is 1. The molecule has 0 saturated carbocycles. The molecule has 2 N–H and O–H groups in total. The number of carboxylic acids is 1. The normalized spacial score (nSPS) is 17.2. The molecule has 0 saturated heterocycles. The quantitative estimate of drug-likeness (QED) is 0.606. The van der Waals surface area contributed by atoms with Crippen molar-refractivity contribution in [2.24, 2.45) is 0 Å². The highest BCUT2D eigenvalue weighted by molar-refractivity contribution is 5.92. The Bertz CT molecular complexity index is 307. The van der Waals surface area contributed by atoms with Crippen molar-refractivity contribution >= 4 is 5.97 Å². The minimum Gasteiger partial charge on any atom is -0.479 e. The Labute approximate surface area is 62.9 Å². The van der Waals surface area contributed by atoms with Gasteiger partial charge in [-0.05, 0) is 0 Å². The highest BCUT2D eigenvalue weighted by Crippen LogP contribution is 2.47. The van der Waals surface area contributed by atoms with Crippen molar-refractivity contribution in [2.45, 2.75) is 5.60 Å². The molecule has 3 nitrogen and oxygen atoms in total. The third-order valence-corrected chi connectivity index (χ3v) is 1.95. The summed E-state index contributed by atoms with van der Waals surface area (Å²) in [4.78, 5) is 10.5.